The zero-order chi connectivity index (χ0) is 18.6. The molecule has 1 fully saturated rings. The summed E-state index contributed by atoms with van der Waals surface area (Å²) < 4.78 is 0. The van der Waals surface area contributed by atoms with E-state index in [0.29, 0.717) is 31.6 Å². The maximum atomic E-state index is 12.0. The number of nitrogens with zero attached hydrogens (tertiary/aromatic N) is 2. The molecule has 0 bridgehead atoms. The fourth-order valence-corrected chi connectivity index (χ4v) is 2.78. The predicted molar refractivity (Wildman–Crippen MR) is 119 cm³/mol. The van der Waals surface area contributed by atoms with Crippen LogP contribution in [0.2, 0.25) is 0 Å². The quantitative estimate of drug-likeness (QED) is 0.214. The van der Waals surface area contributed by atoms with Gasteiger partial charge >= 0.3 is 0 Å². The first kappa shape index (κ1) is 23.2. The number of nitrogens with one attached hydrogen (secondary N) is 3. The molecule has 0 unspecified atom stereocenters. The highest BCUT2D eigenvalue weighted by Crippen LogP contribution is 2.09. The van der Waals surface area contributed by atoms with E-state index in [0.717, 1.165) is 38.4 Å². The van der Waals surface area contributed by atoms with E-state index in [-0.39, 0.29) is 35.8 Å². The fourth-order valence-electron chi connectivity index (χ4n) is 2.78. The predicted octanol–water partition coefficient (Wildman–Crippen LogP) is 1.60. The topological polar surface area (TPSA) is 85.8 Å². The van der Waals surface area contributed by atoms with Crippen LogP contribution in [0.3, 0.4) is 0 Å². The van der Waals surface area contributed by atoms with E-state index in [2.05, 4.69) is 20.9 Å². The number of guanidine groups is 1. The highest BCUT2D eigenvalue weighted by molar-refractivity contribution is 14.0. The van der Waals surface area contributed by atoms with E-state index < -0.39 is 0 Å². The first-order chi connectivity index (χ1) is 12.7. The number of benzene rings is 1. The lowest BCUT2D eigenvalue weighted by Crippen LogP contribution is -2.41. The van der Waals surface area contributed by atoms with Crippen molar-refractivity contribution in [1.29, 1.82) is 0 Å². The van der Waals surface area contributed by atoms with Crippen LogP contribution >= 0.6 is 24.0 Å². The lowest BCUT2D eigenvalue weighted by Gasteiger charge is -2.15. The number of rotatable bonds is 9. The molecule has 150 valence electrons. The molecule has 8 heteroatoms. The molecule has 0 aromatic heterocycles. The van der Waals surface area contributed by atoms with Crippen LogP contribution in [0, 0.1) is 0 Å². The summed E-state index contributed by atoms with van der Waals surface area (Å²) in [5, 5.41) is 9.27. The summed E-state index contributed by atoms with van der Waals surface area (Å²) in [6.07, 6.45) is 2.51. The second-order valence-corrected chi connectivity index (χ2v) is 6.15. The largest absolute Gasteiger partial charge is 0.357 e. The molecule has 3 N–H and O–H groups in total. The van der Waals surface area contributed by atoms with E-state index in [1.54, 1.807) is 12.1 Å². The van der Waals surface area contributed by atoms with Gasteiger partial charge < -0.3 is 20.9 Å². The number of carbonyl (C=O) groups is 2. The standard InChI is InChI=1S/C19H29N5O2.HI/c1-2-20-19(22-11-7-15-24-14-6-10-17(24)25)23-13-12-21-18(26)16-8-4-3-5-9-16;/h3-5,8-9H,2,6-7,10-15H2,1H3,(H,21,26)(H2,20,22,23);1H. The maximum absolute atomic E-state index is 12.0. The lowest BCUT2D eigenvalue weighted by atomic mass is 10.2. The second-order valence-electron chi connectivity index (χ2n) is 6.15. The third kappa shape index (κ3) is 8.59. The summed E-state index contributed by atoms with van der Waals surface area (Å²) in [5.74, 6) is 0.909. The van der Waals surface area contributed by atoms with Crippen LogP contribution in [-0.4, -0.2) is 61.9 Å². The monoisotopic (exact) mass is 487 g/mol. The Balaban J connectivity index is 0.00000364. The van der Waals surface area contributed by atoms with Crippen LogP contribution in [0.15, 0.2) is 35.3 Å². The van der Waals surface area contributed by atoms with Crippen molar-refractivity contribution in [1.82, 2.24) is 20.9 Å². The molecule has 7 nitrogen and oxygen atoms in total. The van der Waals surface area contributed by atoms with E-state index in [4.69, 9.17) is 0 Å². The van der Waals surface area contributed by atoms with E-state index in [1.807, 2.05) is 30.0 Å². The van der Waals surface area contributed by atoms with Crippen molar-refractivity contribution in [3.05, 3.63) is 35.9 Å². The Hall–Kier alpha value is -1.84. The molecule has 0 atom stereocenters. The number of amides is 2. The first-order valence-electron chi connectivity index (χ1n) is 9.34. The minimum Gasteiger partial charge on any atom is -0.357 e. The van der Waals surface area contributed by atoms with Crippen molar-refractivity contribution < 1.29 is 9.59 Å². The normalized spacial score (nSPS) is 13.9. The summed E-state index contributed by atoms with van der Waals surface area (Å²) in [6, 6.07) is 9.16. The van der Waals surface area contributed by atoms with Gasteiger partial charge in [0, 0.05) is 51.3 Å². The molecule has 1 aromatic carbocycles. The average molecular weight is 487 g/mol. The van der Waals surface area contributed by atoms with Crippen molar-refractivity contribution in [2.45, 2.75) is 26.2 Å². The summed E-state index contributed by atoms with van der Waals surface area (Å²) in [4.78, 5) is 30.0. The second kappa shape index (κ2) is 13.3. The van der Waals surface area contributed by atoms with Gasteiger partial charge in [-0.2, -0.15) is 0 Å². The molecule has 1 aliphatic rings. The minimum atomic E-state index is -0.0791. The highest BCUT2D eigenvalue weighted by atomic mass is 127. The molecular formula is C19H30IN5O2. The smallest absolute Gasteiger partial charge is 0.251 e. The van der Waals surface area contributed by atoms with Gasteiger partial charge in [-0.15, -0.1) is 24.0 Å². The number of hydrogen-bond acceptors (Lipinski definition) is 3. The molecule has 27 heavy (non-hydrogen) atoms. The summed E-state index contributed by atoms with van der Waals surface area (Å²) in [5.41, 5.74) is 0.657. The zero-order valence-electron chi connectivity index (χ0n) is 15.9. The highest BCUT2D eigenvalue weighted by Gasteiger charge is 2.18. The summed E-state index contributed by atoms with van der Waals surface area (Å²) >= 11 is 0. The molecule has 0 spiro atoms. The van der Waals surface area contributed by atoms with Crippen molar-refractivity contribution in [2.75, 3.05) is 39.3 Å². The molecular weight excluding hydrogens is 457 g/mol. The summed E-state index contributed by atoms with van der Waals surface area (Å²) in [6.45, 7) is 6.20. The Morgan fingerprint density at radius 2 is 1.89 bits per heavy atom. The molecule has 1 heterocycles. The molecule has 1 saturated heterocycles. The number of hydrogen-bond donors (Lipinski definition) is 3. The van der Waals surface area contributed by atoms with Crippen LogP contribution < -0.4 is 16.0 Å². The van der Waals surface area contributed by atoms with Gasteiger partial charge in [-0.1, -0.05) is 18.2 Å². The van der Waals surface area contributed by atoms with E-state index >= 15 is 0 Å². The third-order valence-electron chi connectivity index (χ3n) is 4.11. The van der Waals surface area contributed by atoms with Gasteiger partial charge in [0.1, 0.15) is 0 Å². The SMILES string of the molecule is CCNC(=NCCCN1CCCC1=O)NCCNC(=O)c1ccccc1.I. The minimum absolute atomic E-state index is 0. The van der Waals surface area contributed by atoms with Crippen molar-refractivity contribution >= 4 is 41.8 Å². The number of likely N-dealkylation sites (tertiary alicyclic amines) is 1. The van der Waals surface area contributed by atoms with Gasteiger partial charge in [-0.25, -0.2) is 0 Å². The zero-order valence-corrected chi connectivity index (χ0v) is 18.2. The van der Waals surface area contributed by atoms with Gasteiger partial charge in [0.2, 0.25) is 5.91 Å². The van der Waals surface area contributed by atoms with Crippen LogP contribution in [0.1, 0.15) is 36.5 Å². The lowest BCUT2D eigenvalue weighted by molar-refractivity contribution is -0.127. The Labute approximate surface area is 178 Å². The average Bonchev–Trinajstić information content (AvgIpc) is 3.07. The Morgan fingerprint density at radius 1 is 1.15 bits per heavy atom. The van der Waals surface area contributed by atoms with Crippen molar-refractivity contribution in [3.63, 3.8) is 0 Å². The molecule has 2 amide bonds. The van der Waals surface area contributed by atoms with Gasteiger partial charge in [-0.05, 0) is 31.9 Å². The Bertz CT molecular complexity index is 609. The van der Waals surface area contributed by atoms with Crippen LogP contribution in [0.4, 0.5) is 0 Å². The van der Waals surface area contributed by atoms with Crippen LogP contribution in [-0.2, 0) is 4.79 Å². The van der Waals surface area contributed by atoms with Gasteiger partial charge in [0.25, 0.3) is 5.91 Å². The van der Waals surface area contributed by atoms with Crippen molar-refractivity contribution in [3.8, 4) is 0 Å². The number of halogens is 1. The van der Waals surface area contributed by atoms with E-state index in [9.17, 15) is 9.59 Å². The number of aliphatic imine (C=N–C) groups is 1. The van der Waals surface area contributed by atoms with E-state index in [1.165, 1.54) is 0 Å². The molecule has 1 aromatic rings. The Kier molecular flexibility index (Phi) is 11.5. The van der Waals surface area contributed by atoms with Crippen LogP contribution in [0.5, 0.6) is 0 Å². The van der Waals surface area contributed by atoms with Gasteiger partial charge in [0.05, 0.1) is 0 Å². The third-order valence-corrected chi connectivity index (χ3v) is 4.11. The molecule has 0 radical (unpaired) electrons. The number of carbonyl (C=O) groups excluding carboxylic acids is 2. The van der Waals surface area contributed by atoms with Gasteiger partial charge in [0.15, 0.2) is 5.96 Å². The maximum Gasteiger partial charge on any atom is 0.251 e. The Morgan fingerprint density at radius 3 is 2.56 bits per heavy atom. The summed E-state index contributed by atoms with van der Waals surface area (Å²) in [7, 11) is 0. The first-order valence-corrected chi connectivity index (χ1v) is 9.34. The fraction of sp³-hybridized carbons (Fsp3) is 0.526. The molecule has 0 saturated carbocycles. The molecule has 0 aliphatic carbocycles. The van der Waals surface area contributed by atoms with Crippen LogP contribution in [0.25, 0.3) is 0 Å². The van der Waals surface area contributed by atoms with Crippen molar-refractivity contribution in [2.24, 2.45) is 4.99 Å². The molecule has 1 aliphatic heterocycles. The molecule has 2 rings (SSSR count). The van der Waals surface area contributed by atoms with Gasteiger partial charge in [-0.3, -0.25) is 14.6 Å².